The lowest BCUT2D eigenvalue weighted by Crippen LogP contribution is -2.35. The lowest BCUT2D eigenvalue weighted by molar-refractivity contribution is 0.0725. The highest BCUT2D eigenvalue weighted by atomic mass is 35.5. The van der Waals surface area contributed by atoms with E-state index in [1.807, 2.05) is 49.1 Å². The van der Waals surface area contributed by atoms with E-state index in [1.54, 1.807) is 0 Å². The summed E-state index contributed by atoms with van der Waals surface area (Å²) in [6.45, 7) is 5.67. The molecule has 0 atom stereocenters. The van der Waals surface area contributed by atoms with E-state index < -0.39 is 0 Å². The Morgan fingerprint density at radius 2 is 1.65 bits per heavy atom. The van der Waals surface area contributed by atoms with Crippen molar-refractivity contribution in [3.63, 3.8) is 0 Å². The Hall–Kier alpha value is -1.03. The van der Waals surface area contributed by atoms with Crippen LogP contribution in [0.25, 0.3) is 10.4 Å². The molecule has 0 saturated carbocycles. The zero-order valence-corrected chi connectivity index (χ0v) is 15.8. The Morgan fingerprint density at radius 1 is 1.04 bits per heavy atom. The molecule has 23 heavy (non-hydrogen) atoms. The maximum Gasteiger partial charge on any atom is 0.256 e. The van der Waals surface area contributed by atoms with E-state index in [9.17, 15) is 4.79 Å². The fraction of sp³-hybridized carbons (Fsp3) is 0.389. The van der Waals surface area contributed by atoms with Crippen LogP contribution in [0.3, 0.4) is 0 Å². The number of hydrogen-bond donors (Lipinski definition) is 0. The van der Waals surface area contributed by atoms with E-state index in [4.69, 9.17) is 23.2 Å². The lowest BCUT2D eigenvalue weighted by atomic mass is 10.1. The zero-order valence-electron chi connectivity index (χ0n) is 13.4. The number of halogens is 2. The molecule has 0 spiro atoms. The van der Waals surface area contributed by atoms with Crippen LogP contribution in [0.5, 0.6) is 0 Å². The summed E-state index contributed by atoms with van der Waals surface area (Å²) in [6, 6.07) is 9.47. The van der Waals surface area contributed by atoms with Crippen LogP contribution in [0, 0.1) is 0 Å². The molecular weight excluding hydrogens is 349 g/mol. The first-order valence-corrected chi connectivity index (χ1v) is 9.57. The molecule has 1 fully saturated rings. The molecule has 124 valence electrons. The van der Waals surface area contributed by atoms with E-state index in [0.29, 0.717) is 14.9 Å². The maximum atomic E-state index is 12.5. The molecule has 2 nitrogen and oxygen atoms in total. The smallest absolute Gasteiger partial charge is 0.256 e. The highest BCUT2D eigenvalue weighted by Gasteiger charge is 2.22. The third-order valence-electron chi connectivity index (χ3n) is 3.69. The number of carbonyl (C=O) groups excluding carboxylic acids is 1. The summed E-state index contributed by atoms with van der Waals surface area (Å²) in [4.78, 5) is 15.4. The maximum absolute atomic E-state index is 12.5. The molecule has 2 aromatic rings. The van der Waals surface area contributed by atoms with E-state index in [1.165, 1.54) is 17.8 Å². The Morgan fingerprint density at radius 3 is 2.26 bits per heavy atom. The molecule has 3 rings (SSSR count). The molecule has 0 unspecified atom stereocenters. The molecule has 1 amide bonds. The predicted octanol–water partition coefficient (Wildman–Crippen LogP) is 6.37. The molecule has 5 heteroatoms. The second-order valence-corrected chi connectivity index (χ2v) is 7.25. The van der Waals surface area contributed by atoms with Crippen molar-refractivity contribution in [2.75, 3.05) is 13.1 Å². The Balaban J connectivity index is 0.000000924. The van der Waals surface area contributed by atoms with Gasteiger partial charge in [0.25, 0.3) is 5.91 Å². The third kappa shape index (κ3) is 4.50. The van der Waals surface area contributed by atoms with Crippen molar-refractivity contribution in [3.8, 4) is 10.4 Å². The van der Waals surface area contributed by atoms with Crippen LogP contribution in [-0.2, 0) is 0 Å². The van der Waals surface area contributed by atoms with Gasteiger partial charge in [0.05, 0.1) is 5.56 Å². The summed E-state index contributed by atoms with van der Waals surface area (Å²) in [6.07, 6.45) is 3.37. The average molecular weight is 370 g/mol. The first kappa shape index (κ1) is 18.3. The van der Waals surface area contributed by atoms with Gasteiger partial charge in [-0.05, 0) is 43.0 Å². The van der Waals surface area contributed by atoms with E-state index in [0.717, 1.165) is 36.4 Å². The van der Waals surface area contributed by atoms with Gasteiger partial charge in [-0.2, -0.15) is 0 Å². The van der Waals surface area contributed by atoms with Gasteiger partial charge in [0, 0.05) is 23.0 Å². The summed E-state index contributed by atoms with van der Waals surface area (Å²) >= 11 is 13.6. The monoisotopic (exact) mass is 369 g/mol. The number of thiophene rings is 1. The van der Waals surface area contributed by atoms with Gasteiger partial charge >= 0.3 is 0 Å². The standard InChI is InChI=1S/C16H15Cl2NOS.C2H6/c17-12-6-4-11(5-7-12)14-10-13(15(18)21-14)16(20)19-8-2-1-3-9-19;1-2/h4-7,10H,1-3,8-9H2;1-2H3. The number of piperidine rings is 1. The largest absolute Gasteiger partial charge is 0.339 e. The van der Waals surface area contributed by atoms with Gasteiger partial charge < -0.3 is 4.90 Å². The highest BCUT2D eigenvalue weighted by molar-refractivity contribution is 7.19. The molecule has 0 N–H and O–H groups in total. The van der Waals surface area contributed by atoms with Crippen LogP contribution in [0.2, 0.25) is 9.36 Å². The highest BCUT2D eigenvalue weighted by Crippen LogP contribution is 2.36. The summed E-state index contributed by atoms with van der Waals surface area (Å²) in [5.41, 5.74) is 1.65. The van der Waals surface area contributed by atoms with Gasteiger partial charge in [0.15, 0.2) is 0 Å². The van der Waals surface area contributed by atoms with Crippen molar-refractivity contribution >= 4 is 40.4 Å². The molecule has 1 saturated heterocycles. The molecule has 0 aliphatic carbocycles. The molecule has 0 bridgehead atoms. The minimum Gasteiger partial charge on any atom is -0.339 e. The number of rotatable bonds is 2. The van der Waals surface area contributed by atoms with Crippen LogP contribution in [-0.4, -0.2) is 23.9 Å². The van der Waals surface area contributed by atoms with Crippen LogP contribution in [0.4, 0.5) is 0 Å². The van der Waals surface area contributed by atoms with Gasteiger partial charge in [-0.3, -0.25) is 4.79 Å². The molecule has 1 aromatic heterocycles. The quantitative estimate of drug-likeness (QED) is 0.601. The molecule has 1 aliphatic rings. The fourth-order valence-corrected chi connectivity index (χ4v) is 3.93. The van der Waals surface area contributed by atoms with E-state index >= 15 is 0 Å². The van der Waals surface area contributed by atoms with Crippen LogP contribution < -0.4 is 0 Å². The summed E-state index contributed by atoms with van der Waals surface area (Å²) in [7, 11) is 0. The summed E-state index contributed by atoms with van der Waals surface area (Å²) < 4.78 is 0.565. The first-order chi connectivity index (χ1) is 11.1. The number of carbonyl (C=O) groups is 1. The summed E-state index contributed by atoms with van der Waals surface area (Å²) in [5, 5.41) is 0.700. The molecule has 1 aromatic carbocycles. The number of hydrogen-bond acceptors (Lipinski definition) is 2. The van der Waals surface area contributed by atoms with Crippen molar-refractivity contribution in [1.82, 2.24) is 4.90 Å². The third-order valence-corrected chi connectivity index (χ3v) is 5.35. The number of amides is 1. The normalized spacial score (nSPS) is 14.2. The minimum atomic E-state index is 0.0520. The van der Waals surface area contributed by atoms with Crippen molar-refractivity contribution in [1.29, 1.82) is 0 Å². The fourth-order valence-electron chi connectivity index (χ4n) is 2.54. The van der Waals surface area contributed by atoms with Gasteiger partial charge in [-0.1, -0.05) is 49.2 Å². The molecule has 0 radical (unpaired) electrons. The first-order valence-electron chi connectivity index (χ1n) is 8.00. The van der Waals surface area contributed by atoms with Crippen LogP contribution >= 0.6 is 34.5 Å². The number of nitrogens with zero attached hydrogens (tertiary/aromatic N) is 1. The van der Waals surface area contributed by atoms with E-state index in [2.05, 4.69) is 0 Å². The van der Waals surface area contributed by atoms with Crippen molar-refractivity contribution in [2.45, 2.75) is 33.1 Å². The van der Waals surface area contributed by atoms with Gasteiger partial charge in [-0.25, -0.2) is 0 Å². The van der Waals surface area contributed by atoms with Crippen LogP contribution in [0.15, 0.2) is 30.3 Å². The van der Waals surface area contributed by atoms with Gasteiger partial charge in [0.2, 0.25) is 0 Å². The van der Waals surface area contributed by atoms with Crippen molar-refractivity contribution < 1.29 is 4.79 Å². The van der Waals surface area contributed by atoms with Crippen molar-refractivity contribution in [2.24, 2.45) is 0 Å². The SMILES string of the molecule is CC.O=C(c1cc(-c2ccc(Cl)cc2)sc1Cl)N1CCCCC1. The van der Waals surface area contributed by atoms with Gasteiger partial charge in [-0.15, -0.1) is 11.3 Å². The lowest BCUT2D eigenvalue weighted by Gasteiger charge is -2.26. The average Bonchev–Trinajstić information content (AvgIpc) is 2.99. The number of likely N-dealkylation sites (tertiary alicyclic amines) is 1. The molecule has 1 aliphatic heterocycles. The Bertz CT molecular complexity index is 646. The molecule has 2 heterocycles. The number of benzene rings is 1. The second-order valence-electron chi connectivity index (χ2n) is 5.16. The minimum absolute atomic E-state index is 0.0520. The van der Waals surface area contributed by atoms with Gasteiger partial charge in [0.1, 0.15) is 4.34 Å². The summed E-state index contributed by atoms with van der Waals surface area (Å²) in [5.74, 6) is 0.0520. The Kier molecular flexibility index (Phi) is 6.94. The predicted molar refractivity (Wildman–Crippen MR) is 101 cm³/mol. The van der Waals surface area contributed by atoms with Crippen LogP contribution in [0.1, 0.15) is 43.5 Å². The molecular formula is C18H21Cl2NOS. The van der Waals surface area contributed by atoms with E-state index in [-0.39, 0.29) is 5.91 Å². The zero-order chi connectivity index (χ0) is 16.8. The van der Waals surface area contributed by atoms with Crippen molar-refractivity contribution in [3.05, 3.63) is 45.3 Å². The topological polar surface area (TPSA) is 20.3 Å². The second kappa shape index (κ2) is 8.72. The Labute approximate surface area is 152 Å².